The maximum atomic E-state index is 12.4. The Bertz CT molecular complexity index is 829. The average Bonchev–Trinajstić information content (AvgIpc) is 2.64. The van der Waals surface area contributed by atoms with E-state index in [2.05, 4.69) is 5.32 Å². The number of carbonyl (C=O) groups excluding carboxylic acids is 4. The van der Waals surface area contributed by atoms with Crippen LogP contribution in [0.4, 0.5) is 0 Å². The molecule has 2 amide bonds. The molecule has 28 heavy (non-hydrogen) atoms. The fourth-order valence-corrected chi connectivity index (χ4v) is 4.30. The Balaban J connectivity index is 0.00000280. The van der Waals surface area contributed by atoms with Gasteiger partial charge in [0.25, 0.3) is 5.91 Å². The second-order valence-electron chi connectivity index (χ2n) is 6.14. The summed E-state index contributed by atoms with van der Waals surface area (Å²) in [6.07, 6.45) is 0.128. The second kappa shape index (κ2) is 9.60. The average molecular weight is 412 g/mol. The van der Waals surface area contributed by atoms with Crippen molar-refractivity contribution in [3.05, 3.63) is 47.2 Å². The minimum Gasteiger partial charge on any atom is -0.543 e. The largest absolute Gasteiger partial charge is 1.00 e. The van der Waals surface area contributed by atoms with Crippen LogP contribution in [0.5, 0.6) is 0 Å². The van der Waals surface area contributed by atoms with Gasteiger partial charge in [-0.05, 0) is 5.56 Å². The molecule has 1 aromatic carbocycles. The number of aliphatic carboxylic acids is 1. The molecule has 0 spiro atoms. The van der Waals surface area contributed by atoms with Crippen LogP contribution >= 0.6 is 11.8 Å². The van der Waals surface area contributed by atoms with Crippen LogP contribution in [0.25, 0.3) is 0 Å². The molecule has 10 heteroatoms. The molecule has 0 aromatic heterocycles. The molecule has 8 nitrogen and oxygen atoms in total. The number of rotatable bonds is 6. The monoisotopic (exact) mass is 412 g/mol. The Morgan fingerprint density at radius 2 is 1.96 bits per heavy atom. The fourth-order valence-electron chi connectivity index (χ4n) is 2.98. The number of carboxylic acids is 1. The Kier molecular flexibility index (Phi) is 7.70. The van der Waals surface area contributed by atoms with Gasteiger partial charge in [0.15, 0.2) is 0 Å². The van der Waals surface area contributed by atoms with Gasteiger partial charge in [0.2, 0.25) is 5.91 Å². The van der Waals surface area contributed by atoms with Gasteiger partial charge in [0, 0.05) is 18.2 Å². The van der Waals surface area contributed by atoms with E-state index in [0.717, 1.165) is 10.5 Å². The molecule has 0 saturated carbocycles. The standard InChI is InChI=1S/C18H18N2O6S.Na/c1-10(21)26-8-12-9-27-17-14(16(23)20(17)15(12)18(24)25)19-13(22)7-11-5-3-2-4-6-11;/h2-6,14,17H,7-9H2,1H3,(H,19,22)(H,24,25);/q;+1/p-1/t14?,17-;/m1./s1. The summed E-state index contributed by atoms with van der Waals surface area (Å²) in [5.41, 5.74) is 0.835. The molecular weight excluding hydrogens is 395 g/mol. The van der Waals surface area contributed by atoms with Crippen LogP contribution in [-0.4, -0.2) is 52.4 Å². The molecule has 0 radical (unpaired) electrons. The maximum Gasteiger partial charge on any atom is 1.00 e. The first-order valence-electron chi connectivity index (χ1n) is 8.23. The summed E-state index contributed by atoms with van der Waals surface area (Å²) < 4.78 is 4.85. The van der Waals surface area contributed by atoms with E-state index >= 15 is 0 Å². The molecule has 3 rings (SSSR count). The first kappa shape index (κ1) is 22.5. The van der Waals surface area contributed by atoms with Crippen molar-refractivity contribution in [2.75, 3.05) is 12.4 Å². The maximum absolute atomic E-state index is 12.4. The SMILES string of the molecule is CC(=O)OCC1=C(C(=O)[O-])N2C(=O)C(NC(=O)Cc3ccccc3)[C@H]2SC1.[Na+]. The predicted molar refractivity (Wildman–Crippen MR) is 93.8 cm³/mol. The van der Waals surface area contributed by atoms with Gasteiger partial charge in [0.05, 0.1) is 18.1 Å². The van der Waals surface area contributed by atoms with E-state index in [1.165, 1.54) is 18.7 Å². The molecule has 0 aliphatic carbocycles. The molecule has 2 heterocycles. The van der Waals surface area contributed by atoms with Gasteiger partial charge >= 0.3 is 35.5 Å². The number of benzene rings is 1. The fraction of sp³-hybridized carbons (Fsp3) is 0.333. The molecular formula is C18H17N2NaO6S. The number of β-lactam (4-membered cyclic amide) rings is 1. The van der Waals surface area contributed by atoms with E-state index in [4.69, 9.17) is 4.74 Å². The topological polar surface area (TPSA) is 116 Å². The van der Waals surface area contributed by atoms with Crippen molar-refractivity contribution in [1.29, 1.82) is 0 Å². The van der Waals surface area contributed by atoms with Crippen LogP contribution in [0.1, 0.15) is 12.5 Å². The van der Waals surface area contributed by atoms with Crippen molar-refractivity contribution in [2.24, 2.45) is 0 Å². The number of nitrogens with one attached hydrogen (secondary N) is 1. The normalized spacial score (nSPS) is 20.5. The zero-order chi connectivity index (χ0) is 19.6. The zero-order valence-electron chi connectivity index (χ0n) is 15.5. The number of hydrogen-bond acceptors (Lipinski definition) is 7. The minimum atomic E-state index is -1.51. The molecule has 1 unspecified atom stereocenters. The Morgan fingerprint density at radius 1 is 1.29 bits per heavy atom. The van der Waals surface area contributed by atoms with Gasteiger partial charge in [-0.3, -0.25) is 19.3 Å². The summed E-state index contributed by atoms with van der Waals surface area (Å²) in [7, 11) is 0. The van der Waals surface area contributed by atoms with Gasteiger partial charge < -0.3 is 20.0 Å². The summed E-state index contributed by atoms with van der Waals surface area (Å²) in [5.74, 6) is -2.63. The Labute approximate surface area is 188 Å². The Morgan fingerprint density at radius 3 is 2.57 bits per heavy atom. The van der Waals surface area contributed by atoms with Crippen molar-refractivity contribution in [3.8, 4) is 0 Å². The van der Waals surface area contributed by atoms with Crippen LogP contribution in [0.2, 0.25) is 0 Å². The first-order valence-corrected chi connectivity index (χ1v) is 9.28. The van der Waals surface area contributed by atoms with Crippen molar-refractivity contribution < 1.29 is 58.6 Å². The summed E-state index contributed by atoms with van der Waals surface area (Å²) in [6.45, 7) is 0.998. The third-order valence-corrected chi connectivity index (χ3v) is 5.55. The van der Waals surface area contributed by atoms with E-state index in [0.29, 0.717) is 5.57 Å². The number of amides is 2. The number of ether oxygens (including phenoxy) is 1. The second-order valence-corrected chi connectivity index (χ2v) is 7.24. The van der Waals surface area contributed by atoms with E-state index in [1.807, 2.05) is 30.3 Å². The predicted octanol–water partition coefficient (Wildman–Crippen LogP) is -3.80. The van der Waals surface area contributed by atoms with Gasteiger partial charge in [-0.15, -0.1) is 11.8 Å². The molecule has 2 aliphatic rings. The van der Waals surface area contributed by atoms with Crippen molar-refractivity contribution in [2.45, 2.75) is 24.8 Å². The van der Waals surface area contributed by atoms with Crippen LogP contribution in [-0.2, 0) is 30.3 Å². The van der Waals surface area contributed by atoms with Crippen molar-refractivity contribution in [3.63, 3.8) is 0 Å². The van der Waals surface area contributed by atoms with Gasteiger partial charge in [-0.2, -0.15) is 0 Å². The first-order chi connectivity index (χ1) is 12.9. The number of thioether (sulfide) groups is 1. The number of hydrogen-bond donors (Lipinski definition) is 1. The molecule has 1 aromatic rings. The van der Waals surface area contributed by atoms with E-state index < -0.39 is 29.3 Å². The third kappa shape index (κ3) is 4.78. The van der Waals surface area contributed by atoms with Crippen LogP contribution in [0, 0.1) is 0 Å². The van der Waals surface area contributed by atoms with Gasteiger partial charge in [-0.1, -0.05) is 30.3 Å². The smallest absolute Gasteiger partial charge is 0.543 e. The van der Waals surface area contributed by atoms with Crippen LogP contribution < -0.4 is 40.0 Å². The molecule has 2 atom stereocenters. The summed E-state index contributed by atoms with van der Waals surface area (Å²) in [4.78, 5) is 48.2. The third-order valence-electron chi connectivity index (χ3n) is 4.21. The van der Waals surface area contributed by atoms with Crippen molar-refractivity contribution >= 4 is 35.5 Å². The van der Waals surface area contributed by atoms with Crippen LogP contribution in [0.15, 0.2) is 41.6 Å². The van der Waals surface area contributed by atoms with Crippen LogP contribution in [0.3, 0.4) is 0 Å². The molecule has 2 aliphatic heterocycles. The minimum absolute atomic E-state index is 0. The van der Waals surface area contributed by atoms with E-state index in [-0.39, 0.29) is 59.9 Å². The van der Waals surface area contributed by atoms with Gasteiger partial charge in [-0.25, -0.2) is 0 Å². The number of fused-ring (bicyclic) bond motifs is 1. The quantitative estimate of drug-likeness (QED) is 0.289. The number of esters is 1. The summed E-state index contributed by atoms with van der Waals surface area (Å²) >= 11 is 1.30. The molecule has 1 saturated heterocycles. The van der Waals surface area contributed by atoms with E-state index in [9.17, 15) is 24.3 Å². The number of carboxylic acid groups (broad SMARTS) is 1. The van der Waals surface area contributed by atoms with E-state index in [1.54, 1.807) is 0 Å². The molecule has 1 fully saturated rings. The molecule has 1 N–H and O–H groups in total. The summed E-state index contributed by atoms with van der Waals surface area (Å²) in [6, 6.07) is 8.30. The zero-order valence-corrected chi connectivity index (χ0v) is 18.3. The van der Waals surface area contributed by atoms with Crippen molar-refractivity contribution in [1.82, 2.24) is 10.2 Å². The summed E-state index contributed by atoms with van der Waals surface area (Å²) in [5, 5.41) is 13.7. The number of carbonyl (C=O) groups is 4. The number of nitrogens with zero attached hydrogens (tertiary/aromatic N) is 1. The Hall–Kier alpha value is -1.81. The van der Waals surface area contributed by atoms with Gasteiger partial charge in [0.1, 0.15) is 18.0 Å². The molecule has 142 valence electrons. The molecule has 0 bridgehead atoms.